The van der Waals surface area contributed by atoms with E-state index in [0.29, 0.717) is 12.5 Å². The molecule has 0 radical (unpaired) electrons. The van der Waals surface area contributed by atoms with Gasteiger partial charge in [0.05, 0.1) is 12.5 Å². The fraction of sp³-hybridized carbons (Fsp3) is 0.611. The van der Waals surface area contributed by atoms with E-state index < -0.39 is 17.2 Å². The number of amides is 1. The normalized spacial score (nSPS) is 21.0. The van der Waals surface area contributed by atoms with Crippen LogP contribution in [0.5, 0.6) is 0 Å². The number of halogens is 2. The van der Waals surface area contributed by atoms with E-state index in [-0.39, 0.29) is 23.9 Å². The van der Waals surface area contributed by atoms with E-state index in [1.54, 1.807) is 0 Å². The van der Waals surface area contributed by atoms with Crippen LogP contribution in [0, 0.1) is 23.5 Å². The van der Waals surface area contributed by atoms with Gasteiger partial charge in [-0.15, -0.1) is 0 Å². The molecule has 2 unspecified atom stereocenters. The fourth-order valence-corrected chi connectivity index (χ4v) is 3.15. The Morgan fingerprint density at radius 3 is 2.79 bits per heavy atom. The molecule has 1 amide bonds. The summed E-state index contributed by atoms with van der Waals surface area (Å²) in [6.45, 7) is 8.13. The highest BCUT2D eigenvalue weighted by molar-refractivity contribution is 5.79. The topological polar surface area (TPSA) is 52.6 Å². The molecular weight excluding hydrogens is 314 g/mol. The van der Waals surface area contributed by atoms with Crippen LogP contribution in [0.4, 0.5) is 8.78 Å². The molecule has 2 N–H and O–H groups in total. The molecule has 1 fully saturated rings. The van der Waals surface area contributed by atoms with Crippen molar-refractivity contribution in [3.8, 4) is 0 Å². The number of aliphatic hydroxyl groups is 1. The van der Waals surface area contributed by atoms with Gasteiger partial charge in [-0.25, -0.2) is 8.78 Å². The van der Waals surface area contributed by atoms with Crippen molar-refractivity contribution in [2.24, 2.45) is 11.8 Å². The third kappa shape index (κ3) is 4.74. The van der Waals surface area contributed by atoms with Crippen molar-refractivity contribution in [3.63, 3.8) is 0 Å². The molecule has 0 bridgehead atoms. The largest absolute Gasteiger partial charge is 0.383 e. The van der Waals surface area contributed by atoms with E-state index in [9.17, 15) is 18.7 Å². The first-order valence-corrected chi connectivity index (χ1v) is 8.37. The number of hydrogen-bond donors (Lipinski definition) is 2. The molecular formula is C18H26F2N2O2. The Morgan fingerprint density at radius 2 is 2.17 bits per heavy atom. The zero-order valence-corrected chi connectivity index (χ0v) is 14.5. The Hall–Kier alpha value is -1.53. The Bertz CT molecular complexity index is 590. The lowest BCUT2D eigenvalue weighted by Crippen LogP contribution is -2.42. The Labute approximate surface area is 141 Å². The molecule has 6 heteroatoms. The average Bonchev–Trinajstić information content (AvgIpc) is 2.92. The Balaban J connectivity index is 1.91. The van der Waals surface area contributed by atoms with Crippen LogP contribution in [0.1, 0.15) is 32.8 Å². The summed E-state index contributed by atoms with van der Waals surface area (Å²) in [6.07, 6.45) is 0.783. The van der Waals surface area contributed by atoms with E-state index in [2.05, 4.69) is 24.1 Å². The van der Waals surface area contributed by atoms with Crippen molar-refractivity contribution in [3.05, 3.63) is 35.4 Å². The highest BCUT2D eigenvalue weighted by Gasteiger charge is 2.31. The van der Waals surface area contributed by atoms with Crippen LogP contribution in [-0.2, 0) is 10.4 Å². The highest BCUT2D eigenvalue weighted by atomic mass is 19.1. The molecule has 2 rings (SSSR count). The van der Waals surface area contributed by atoms with Crippen LogP contribution < -0.4 is 5.32 Å². The van der Waals surface area contributed by atoms with Crippen LogP contribution in [0.25, 0.3) is 0 Å². The third-order valence-electron chi connectivity index (χ3n) is 4.38. The van der Waals surface area contributed by atoms with Gasteiger partial charge in [0.2, 0.25) is 5.91 Å². The minimum absolute atomic E-state index is 0.0305. The van der Waals surface area contributed by atoms with Crippen LogP contribution in [-0.4, -0.2) is 42.1 Å². The first kappa shape index (κ1) is 18.8. The quantitative estimate of drug-likeness (QED) is 0.835. The van der Waals surface area contributed by atoms with Crippen LogP contribution in [0.3, 0.4) is 0 Å². The molecule has 1 aromatic carbocycles. The predicted molar refractivity (Wildman–Crippen MR) is 88.3 cm³/mol. The first-order valence-electron chi connectivity index (χ1n) is 8.37. The lowest BCUT2D eigenvalue weighted by Gasteiger charge is -2.25. The predicted octanol–water partition coefficient (Wildman–Crippen LogP) is 2.27. The van der Waals surface area contributed by atoms with E-state index in [4.69, 9.17) is 0 Å². The molecule has 2 atom stereocenters. The molecule has 1 aliphatic heterocycles. The Morgan fingerprint density at radius 1 is 1.46 bits per heavy atom. The molecule has 4 nitrogen and oxygen atoms in total. The zero-order valence-electron chi connectivity index (χ0n) is 14.5. The van der Waals surface area contributed by atoms with Crippen molar-refractivity contribution < 1.29 is 18.7 Å². The number of nitrogens with zero attached hydrogens (tertiary/aromatic N) is 1. The van der Waals surface area contributed by atoms with Gasteiger partial charge in [-0.1, -0.05) is 19.9 Å². The molecule has 24 heavy (non-hydrogen) atoms. The molecule has 1 aromatic rings. The van der Waals surface area contributed by atoms with Gasteiger partial charge >= 0.3 is 0 Å². The average molecular weight is 340 g/mol. The minimum Gasteiger partial charge on any atom is -0.383 e. The molecule has 0 aromatic heterocycles. The second-order valence-electron chi connectivity index (χ2n) is 7.25. The number of carbonyl (C=O) groups excluding carboxylic acids is 1. The summed E-state index contributed by atoms with van der Waals surface area (Å²) >= 11 is 0. The summed E-state index contributed by atoms with van der Waals surface area (Å²) in [5, 5.41) is 13.1. The standard InChI is InChI=1S/C18H26F2N2O2/c1-12(2)9-22-7-6-13(10-22)17(23)21-11-18(3,24)15-5-4-14(19)8-16(15)20/h4-5,8,12-13,24H,6-7,9-11H2,1-3H3,(H,21,23). The molecule has 134 valence electrons. The number of benzene rings is 1. The second-order valence-corrected chi connectivity index (χ2v) is 7.25. The lowest BCUT2D eigenvalue weighted by molar-refractivity contribution is -0.125. The monoisotopic (exact) mass is 340 g/mol. The van der Waals surface area contributed by atoms with Crippen molar-refractivity contribution in [1.29, 1.82) is 0 Å². The van der Waals surface area contributed by atoms with E-state index in [1.165, 1.54) is 13.0 Å². The number of rotatable bonds is 6. The molecule has 0 saturated carbocycles. The highest BCUT2D eigenvalue weighted by Crippen LogP contribution is 2.24. The first-order chi connectivity index (χ1) is 11.2. The van der Waals surface area contributed by atoms with Gasteiger partial charge in [-0.3, -0.25) is 4.79 Å². The van der Waals surface area contributed by atoms with E-state index in [0.717, 1.165) is 31.6 Å². The van der Waals surface area contributed by atoms with Gasteiger partial charge in [0.25, 0.3) is 0 Å². The summed E-state index contributed by atoms with van der Waals surface area (Å²) in [4.78, 5) is 14.5. The number of nitrogens with one attached hydrogen (secondary N) is 1. The van der Waals surface area contributed by atoms with Gasteiger partial charge in [0.1, 0.15) is 17.2 Å². The van der Waals surface area contributed by atoms with E-state index >= 15 is 0 Å². The van der Waals surface area contributed by atoms with Crippen LogP contribution in [0.2, 0.25) is 0 Å². The van der Waals surface area contributed by atoms with Gasteiger partial charge in [-0.2, -0.15) is 0 Å². The van der Waals surface area contributed by atoms with Gasteiger partial charge < -0.3 is 15.3 Å². The minimum atomic E-state index is -1.59. The smallest absolute Gasteiger partial charge is 0.224 e. The van der Waals surface area contributed by atoms with Crippen molar-refractivity contribution >= 4 is 5.91 Å². The summed E-state index contributed by atoms with van der Waals surface area (Å²) in [5.74, 6) is -1.22. The molecule has 0 spiro atoms. The zero-order chi connectivity index (χ0) is 17.9. The van der Waals surface area contributed by atoms with Crippen LogP contribution >= 0.6 is 0 Å². The van der Waals surface area contributed by atoms with Crippen molar-refractivity contribution in [2.75, 3.05) is 26.2 Å². The van der Waals surface area contributed by atoms with Crippen molar-refractivity contribution in [2.45, 2.75) is 32.8 Å². The summed E-state index contributed by atoms with van der Waals surface area (Å²) in [6, 6.07) is 3.03. The summed E-state index contributed by atoms with van der Waals surface area (Å²) in [7, 11) is 0. The van der Waals surface area contributed by atoms with E-state index in [1.807, 2.05) is 0 Å². The van der Waals surface area contributed by atoms with Gasteiger partial charge in [0.15, 0.2) is 0 Å². The van der Waals surface area contributed by atoms with Crippen LogP contribution in [0.15, 0.2) is 18.2 Å². The third-order valence-corrected chi connectivity index (χ3v) is 4.38. The summed E-state index contributed by atoms with van der Waals surface area (Å²) in [5.41, 5.74) is -1.62. The maximum Gasteiger partial charge on any atom is 0.224 e. The SMILES string of the molecule is CC(C)CN1CCC(C(=O)NCC(C)(O)c2ccc(F)cc2F)C1. The lowest BCUT2D eigenvalue weighted by atomic mass is 9.95. The molecule has 0 aliphatic carbocycles. The van der Waals surface area contributed by atoms with Crippen molar-refractivity contribution in [1.82, 2.24) is 10.2 Å². The fourth-order valence-electron chi connectivity index (χ4n) is 3.15. The molecule has 1 aliphatic rings. The summed E-state index contributed by atoms with van der Waals surface area (Å²) < 4.78 is 26.8. The number of carbonyl (C=O) groups is 1. The molecule has 1 saturated heterocycles. The second kappa shape index (κ2) is 7.57. The molecule has 1 heterocycles. The Kier molecular flexibility index (Phi) is 5.93. The number of hydrogen-bond acceptors (Lipinski definition) is 3. The number of likely N-dealkylation sites (tertiary alicyclic amines) is 1. The van der Waals surface area contributed by atoms with Gasteiger partial charge in [-0.05, 0) is 31.9 Å². The maximum absolute atomic E-state index is 13.8. The maximum atomic E-state index is 13.8. The van der Waals surface area contributed by atoms with Gasteiger partial charge in [0, 0.05) is 24.7 Å².